The van der Waals surface area contributed by atoms with E-state index in [4.69, 9.17) is 15.2 Å². The Morgan fingerprint density at radius 3 is 2.40 bits per heavy atom. The van der Waals surface area contributed by atoms with Crippen LogP contribution in [0.1, 0.15) is 25.7 Å². The van der Waals surface area contributed by atoms with E-state index in [1.165, 1.54) is 27.1 Å². The van der Waals surface area contributed by atoms with E-state index in [0.717, 1.165) is 12.8 Å². The van der Waals surface area contributed by atoms with Crippen molar-refractivity contribution in [2.24, 2.45) is 0 Å². The lowest BCUT2D eigenvalue weighted by Crippen LogP contribution is -2.36. The summed E-state index contributed by atoms with van der Waals surface area (Å²) in [5, 5.41) is 5.70. The second-order valence-electron chi connectivity index (χ2n) is 4.87. The molecule has 0 radical (unpaired) electrons. The van der Waals surface area contributed by atoms with Crippen LogP contribution in [0.3, 0.4) is 0 Å². The van der Waals surface area contributed by atoms with Crippen molar-refractivity contribution in [3.8, 4) is 11.5 Å². The highest BCUT2D eigenvalue weighted by molar-refractivity contribution is 5.93. The molecule has 0 saturated heterocycles. The quantitative estimate of drug-likeness (QED) is 0.738. The predicted molar refractivity (Wildman–Crippen MR) is 78.4 cm³/mol. The molecule has 6 heteroatoms. The number of nitrogen functional groups attached to an aromatic ring is 1. The molecule has 0 aromatic heterocycles. The number of hydrogen-bond acceptors (Lipinski definition) is 4. The van der Waals surface area contributed by atoms with E-state index in [1.807, 2.05) is 0 Å². The predicted octanol–water partition coefficient (Wildman–Crippen LogP) is 2.35. The van der Waals surface area contributed by atoms with Gasteiger partial charge in [0, 0.05) is 18.2 Å². The highest BCUT2D eigenvalue weighted by atomic mass is 16.5. The number of carbonyl (C=O) groups is 1. The lowest BCUT2D eigenvalue weighted by molar-refractivity contribution is 0.248. The maximum Gasteiger partial charge on any atom is 0.319 e. The third-order valence-corrected chi connectivity index (χ3v) is 3.49. The molecule has 1 aromatic carbocycles. The Morgan fingerprint density at radius 2 is 1.80 bits per heavy atom. The molecule has 0 aliphatic heterocycles. The standard InChI is InChI=1S/C14H21N3O3/c1-19-12-7-10(15)11(8-13(12)20-2)17-14(18)16-9-5-3-4-6-9/h7-9H,3-6,15H2,1-2H3,(H2,16,17,18). The summed E-state index contributed by atoms with van der Waals surface area (Å²) in [5.74, 6) is 1.06. The Hall–Kier alpha value is -2.11. The minimum Gasteiger partial charge on any atom is -0.493 e. The third-order valence-electron chi connectivity index (χ3n) is 3.49. The van der Waals surface area contributed by atoms with Crippen LogP contribution in [0, 0.1) is 0 Å². The Bertz CT molecular complexity index is 485. The molecular weight excluding hydrogens is 258 g/mol. The number of amides is 2. The normalized spacial score (nSPS) is 14.9. The lowest BCUT2D eigenvalue weighted by Gasteiger charge is -2.16. The summed E-state index contributed by atoms with van der Waals surface area (Å²) < 4.78 is 10.3. The van der Waals surface area contributed by atoms with E-state index in [9.17, 15) is 4.79 Å². The van der Waals surface area contributed by atoms with E-state index < -0.39 is 0 Å². The topological polar surface area (TPSA) is 85.6 Å². The Labute approximate surface area is 118 Å². The van der Waals surface area contributed by atoms with Crippen LogP contribution in [0.2, 0.25) is 0 Å². The molecular formula is C14H21N3O3. The Morgan fingerprint density at radius 1 is 1.20 bits per heavy atom. The van der Waals surface area contributed by atoms with E-state index in [-0.39, 0.29) is 12.1 Å². The summed E-state index contributed by atoms with van der Waals surface area (Å²) in [5.41, 5.74) is 6.85. The monoisotopic (exact) mass is 279 g/mol. The number of methoxy groups -OCH3 is 2. The molecule has 20 heavy (non-hydrogen) atoms. The van der Waals surface area contributed by atoms with Crippen LogP contribution in [0.25, 0.3) is 0 Å². The second-order valence-corrected chi connectivity index (χ2v) is 4.87. The fourth-order valence-corrected chi connectivity index (χ4v) is 2.42. The van der Waals surface area contributed by atoms with Gasteiger partial charge in [-0.2, -0.15) is 0 Å². The fraction of sp³-hybridized carbons (Fsp3) is 0.500. The molecule has 0 bridgehead atoms. The molecule has 4 N–H and O–H groups in total. The molecule has 2 rings (SSSR count). The number of urea groups is 1. The van der Waals surface area contributed by atoms with E-state index in [1.54, 1.807) is 12.1 Å². The summed E-state index contributed by atoms with van der Waals surface area (Å²) in [7, 11) is 3.08. The molecule has 0 unspecified atom stereocenters. The fourth-order valence-electron chi connectivity index (χ4n) is 2.42. The zero-order valence-corrected chi connectivity index (χ0v) is 11.9. The molecule has 110 valence electrons. The molecule has 6 nitrogen and oxygen atoms in total. The third kappa shape index (κ3) is 3.26. The largest absolute Gasteiger partial charge is 0.493 e. The van der Waals surface area contributed by atoms with Crippen molar-refractivity contribution < 1.29 is 14.3 Å². The van der Waals surface area contributed by atoms with Crippen LogP contribution in [0.15, 0.2) is 12.1 Å². The molecule has 1 fully saturated rings. The second kappa shape index (κ2) is 6.36. The van der Waals surface area contributed by atoms with Gasteiger partial charge in [-0.05, 0) is 12.8 Å². The van der Waals surface area contributed by atoms with Crippen LogP contribution in [-0.4, -0.2) is 26.3 Å². The highest BCUT2D eigenvalue weighted by Crippen LogP contribution is 2.34. The summed E-state index contributed by atoms with van der Waals surface area (Å²) in [4.78, 5) is 11.9. The first-order valence-corrected chi connectivity index (χ1v) is 6.73. The van der Waals surface area contributed by atoms with Crippen LogP contribution < -0.4 is 25.8 Å². The van der Waals surface area contributed by atoms with E-state index >= 15 is 0 Å². The molecule has 1 aliphatic rings. The number of carbonyl (C=O) groups excluding carboxylic acids is 1. The van der Waals surface area contributed by atoms with Crippen molar-refractivity contribution in [3.05, 3.63) is 12.1 Å². The highest BCUT2D eigenvalue weighted by Gasteiger charge is 2.18. The molecule has 0 atom stereocenters. The number of nitrogens with one attached hydrogen (secondary N) is 2. The first kappa shape index (κ1) is 14.3. The molecule has 1 aromatic rings. The van der Waals surface area contributed by atoms with Gasteiger partial charge in [-0.15, -0.1) is 0 Å². The van der Waals surface area contributed by atoms with Gasteiger partial charge in [0.25, 0.3) is 0 Å². The van der Waals surface area contributed by atoms with Gasteiger partial charge < -0.3 is 25.8 Å². The number of hydrogen-bond donors (Lipinski definition) is 3. The van der Waals surface area contributed by atoms with Crippen LogP contribution in [0.5, 0.6) is 11.5 Å². The van der Waals surface area contributed by atoms with Gasteiger partial charge in [0.2, 0.25) is 0 Å². The van der Waals surface area contributed by atoms with E-state index in [0.29, 0.717) is 22.9 Å². The van der Waals surface area contributed by atoms with Crippen molar-refractivity contribution in [3.63, 3.8) is 0 Å². The van der Waals surface area contributed by atoms with Crippen LogP contribution in [0.4, 0.5) is 16.2 Å². The van der Waals surface area contributed by atoms with Gasteiger partial charge in [-0.1, -0.05) is 12.8 Å². The minimum atomic E-state index is -0.240. The minimum absolute atomic E-state index is 0.240. The Balaban J connectivity index is 2.06. The number of ether oxygens (including phenoxy) is 2. The molecule has 1 saturated carbocycles. The van der Waals surface area contributed by atoms with Crippen molar-refractivity contribution in [1.29, 1.82) is 0 Å². The summed E-state index contributed by atoms with van der Waals surface area (Å²) in [6.07, 6.45) is 4.41. The van der Waals surface area contributed by atoms with Crippen molar-refractivity contribution in [1.82, 2.24) is 5.32 Å². The maximum absolute atomic E-state index is 11.9. The summed E-state index contributed by atoms with van der Waals surface area (Å²) in [6.45, 7) is 0. The van der Waals surface area contributed by atoms with Gasteiger partial charge in [-0.25, -0.2) is 4.79 Å². The van der Waals surface area contributed by atoms with Gasteiger partial charge in [-0.3, -0.25) is 0 Å². The zero-order valence-electron chi connectivity index (χ0n) is 11.9. The first-order chi connectivity index (χ1) is 9.63. The number of rotatable bonds is 4. The average molecular weight is 279 g/mol. The van der Waals surface area contributed by atoms with E-state index in [2.05, 4.69) is 10.6 Å². The van der Waals surface area contributed by atoms with Crippen molar-refractivity contribution in [2.75, 3.05) is 25.3 Å². The maximum atomic E-state index is 11.9. The van der Waals surface area contributed by atoms with Crippen molar-refractivity contribution >= 4 is 17.4 Å². The number of benzene rings is 1. The van der Waals surface area contributed by atoms with Gasteiger partial charge in [0.1, 0.15) is 0 Å². The first-order valence-electron chi connectivity index (χ1n) is 6.73. The number of anilines is 2. The SMILES string of the molecule is COc1cc(N)c(NC(=O)NC2CCCC2)cc1OC. The van der Waals surface area contributed by atoms with Gasteiger partial charge in [0.15, 0.2) is 11.5 Å². The molecule has 1 aliphatic carbocycles. The molecule has 0 heterocycles. The zero-order chi connectivity index (χ0) is 14.5. The smallest absolute Gasteiger partial charge is 0.319 e. The molecule has 0 spiro atoms. The summed E-state index contributed by atoms with van der Waals surface area (Å²) in [6, 6.07) is 3.30. The van der Waals surface area contributed by atoms with Gasteiger partial charge in [0.05, 0.1) is 25.6 Å². The number of nitrogens with two attached hydrogens (primary N) is 1. The van der Waals surface area contributed by atoms with Crippen LogP contribution in [-0.2, 0) is 0 Å². The molecule has 2 amide bonds. The van der Waals surface area contributed by atoms with Crippen molar-refractivity contribution in [2.45, 2.75) is 31.7 Å². The van der Waals surface area contributed by atoms with Gasteiger partial charge >= 0.3 is 6.03 Å². The Kier molecular flexibility index (Phi) is 4.55. The average Bonchev–Trinajstić information content (AvgIpc) is 2.93. The van der Waals surface area contributed by atoms with Crippen LogP contribution >= 0.6 is 0 Å². The lowest BCUT2D eigenvalue weighted by atomic mass is 10.2. The summed E-state index contributed by atoms with van der Waals surface area (Å²) >= 11 is 0.